The van der Waals surface area contributed by atoms with Crippen molar-refractivity contribution in [2.45, 2.75) is 30.3 Å². The largest absolute Gasteiger partial charge is 0.352 e. The normalized spacial score (nSPS) is 14.4. The first kappa shape index (κ1) is 16.6. The van der Waals surface area contributed by atoms with Gasteiger partial charge in [0.25, 0.3) is 0 Å². The Morgan fingerprint density at radius 2 is 2.22 bits per heavy atom. The van der Waals surface area contributed by atoms with Gasteiger partial charge in [0.1, 0.15) is 5.15 Å². The fourth-order valence-electron chi connectivity index (χ4n) is 2.50. The van der Waals surface area contributed by atoms with Gasteiger partial charge in [-0.2, -0.15) is 0 Å². The van der Waals surface area contributed by atoms with Crippen LogP contribution in [0.4, 0.5) is 0 Å². The van der Waals surface area contributed by atoms with Gasteiger partial charge in [-0.05, 0) is 44.3 Å². The summed E-state index contributed by atoms with van der Waals surface area (Å²) in [5, 5.41) is 4.57. The standard InChI is InChI=1S/C17H20ClN3OS/c1-21(10-16(22)19-13-4-5-13)9-12-7-11-3-6-14(23-2)8-15(11)20-17(12)18/h3,6-8,13H,4-5,9-10H2,1-2H3,(H,19,22). The number of carbonyl (C=O) groups is 1. The first-order valence-electron chi connectivity index (χ1n) is 7.66. The summed E-state index contributed by atoms with van der Waals surface area (Å²) in [6.45, 7) is 0.973. The van der Waals surface area contributed by atoms with Gasteiger partial charge in [0.2, 0.25) is 5.91 Å². The van der Waals surface area contributed by atoms with E-state index in [4.69, 9.17) is 11.6 Å². The highest BCUT2D eigenvalue weighted by Crippen LogP contribution is 2.25. The Hall–Kier alpha value is -1.30. The molecule has 1 amide bonds. The van der Waals surface area contributed by atoms with Crippen LogP contribution >= 0.6 is 23.4 Å². The third-order valence-electron chi connectivity index (χ3n) is 3.85. The number of aromatic nitrogens is 1. The van der Waals surface area contributed by atoms with Crippen molar-refractivity contribution >= 4 is 40.2 Å². The predicted octanol–water partition coefficient (Wildman–Crippen LogP) is 3.32. The van der Waals surface area contributed by atoms with Crippen LogP contribution in [0.1, 0.15) is 18.4 Å². The molecule has 6 heteroatoms. The van der Waals surface area contributed by atoms with E-state index in [0.717, 1.165) is 29.3 Å². The Kier molecular flexibility index (Phi) is 5.09. The van der Waals surface area contributed by atoms with Gasteiger partial charge in [0, 0.05) is 28.4 Å². The van der Waals surface area contributed by atoms with Crippen LogP contribution in [0.5, 0.6) is 0 Å². The van der Waals surface area contributed by atoms with E-state index in [1.54, 1.807) is 11.8 Å². The maximum Gasteiger partial charge on any atom is 0.234 e. The summed E-state index contributed by atoms with van der Waals surface area (Å²) in [6, 6.07) is 8.65. The lowest BCUT2D eigenvalue weighted by molar-refractivity contribution is -0.122. The van der Waals surface area contributed by atoms with Crippen LogP contribution in [0.3, 0.4) is 0 Å². The van der Waals surface area contributed by atoms with Crippen molar-refractivity contribution in [2.75, 3.05) is 19.8 Å². The van der Waals surface area contributed by atoms with Crippen molar-refractivity contribution in [3.8, 4) is 0 Å². The molecule has 1 aliphatic carbocycles. The molecule has 1 heterocycles. The number of amides is 1. The average Bonchev–Trinajstić information content (AvgIpc) is 3.31. The van der Waals surface area contributed by atoms with Crippen LogP contribution in [0, 0.1) is 0 Å². The van der Waals surface area contributed by atoms with Crippen molar-refractivity contribution in [2.24, 2.45) is 0 Å². The maximum absolute atomic E-state index is 11.9. The Labute approximate surface area is 145 Å². The number of fused-ring (bicyclic) bond motifs is 1. The van der Waals surface area contributed by atoms with Crippen LogP contribution in [0.25, 0.3) is 10.9 Å². The molecule has 0 radical (unpaired) electrons. The van der Waals surface area contributed by atoms with Gasteiger partial charge in [0.05, 0.1) is 12.1 Å². The van der Waals surface area contributed by atoms with Crippen molar-refractivity contribution in [3.05, 3.63) is 35.0 Å². The molecular weight excluding hydrogens is 330 g/mol. The van der Waals surface area contributed by atoms with Crippen LogP contribution in [-0.2, 0) is 11.3 Å². The third kappa shape index (κ3) is 4.37. The minimum Gasteiger partial charge on any atom is -0.352 e. The van der Waals surface area contributed by atoms with E-state index >= 15 is 0 Å². The Bertz CT molecular complexity index is 733. The molecule has 0 unspecified atom stereocenters. The molecule has 0 atom stereocenters. The number of carbonyl (C=O) groups excluding carboxylic acids is 1. The van der Waals surface area contributed by atoms with E-state index in [9.17, 15) is 4.79 Å². The fraction of sp³-hybridized carbons (Fsp3) is 0.412. The second-order valence-corrected chi connectivity index (χ2v) is 7.25. The molecule has 1 aliphatic rings. The molecule has 2 aromatic rings. The number of likely N-dealkylation sites (N-methyl/N-ethyl adjacent to an activating group) is 1. The first-order chi connectivity index (χ1) is 11.0. The molecule has 0 aliphatic heterocycles. The summed E-state index contributed by atoms with van der Waals surface area (Å²) < 4.78 is 0. The molecule has 122 valence electrons. The predicted molar refractivity (Wildman–Crippen MR) is 96.0 cm³/mol. The van der Waals surface area contributed by atoms with Crippen molar-refractivity contribution in [3.63, 3.8) is 0 Å². The zero-order chi connectivity index (χ0) is 16.4. The fourth-order valence-corrected chi connectivity index (χ4v) is 3.14. The molecule has 1 aromatic carbocycles. The monoisotopic (exact) mass is 349 g/mol. The summed E-state index contributed by atoms with van der Waals surface area (Å²) in [6.07, 6.45) is 4.25. The SMILES string of the molecule is CSc1ccc2cc(CN(C)CC(=O)NC3CC3)c(Cl)nc2c1. The van der Waals surface area contributed by atoms with Crippen molar-refractivity contribution in [1.82, 2.24) is 15.2 Å². The third-order valence-corrected chi connectivity index (χ3v) is 4.90. The zero-order valence-corrected chi connectivity index (χ0v) is 14.9. The van der Waals surface area contributed by atoms with Crippen molar-refractivity contribution < 1.29 is 4.79 Å². The lowest BCUT2D eigenvalue weighted by Gasteiger charge is -2.17. The maximum atomic E-state index is 11.9. The molecule has 3 rings (SSSR count). The highest BCUT2D eigenvalue weighted by molar-refractivity contribution is 7.98. The summed E-state index contributed by atoms with van der Waals surface area (Å²) in [5.74, 6) is 0.0736. The Balaban J connectivity index is 1.71. The number of pyridine rings is 1. The molecule has 1 fully saturated rings. The summed E-state index contributed by atoms with van der Waals surface area (Å²) in [7, 11) is 1.92. The van der Waals surface area contributed by atoms with E-state index in [1.165, 1.54) is 4.90 Å². The van der Waals surface area contributed by atoms with E-state index in [1.807, 2.05) is 24.3 Å². The van der Waals surface area contributed by atoms with Crippen LogP contribution in [0.2, 0.25) is 5.15 Å². The van der Waals surface area contributed by atoms with E-state index in [2.05, 4.69) is 28.5 Å². The van der Waals surface area contributed by atoms with Gasteiger partial charge in [-0.25, -0.2) is 4.98 Å². The number of hydrogen-bond acceptors (Lipinski definition) is 4. The lowest BCUT2D eigenvalue weighted by Crippen LogP contribution is -2.36. The number of rotatable bonds is 6. The van der Waals surface area contributed by atoms with Crippen LogP contribution in [0.15, 0.2) is 29.2 Å². The van der Waals surface area contributed by atoms with E-state index < -0.39 is 0 Å². The lowest BCUT2D eigenvalue weighted by atomic mass is 10.1. The molecule has 1 saturated carbocycles. The number of halogens is 1. The topological polar surface area (TPSA) is 45.2 Å². The van der Waals surface area contributed by atoms with E-state index in [0.29, 0.717) is 24.3 Å². The second kappa shape index (κ2) is 7.07. The quantitative estimate of drug-likeness (QED) is 0.642. The smallest absolute Gasteiger partial charge is 0.234 e. The highest BCUT2D eigenvalue weighted by Gasteiger charge is 2.23. The van der Waals surface area contributed by atoms with Gasteiger partial charge < -0.3 is 5.32 Å². The summed E-state index contributed by atoms with van der Waals surface area (Å²) >= 11 is 8.01. The number of nitrogens with one attached hydrogen (secondary N) is 1. The van der Waals surface area contributed by atoms with Gasteiger partial charge in [-0.15, -0.1) is 11.8 Å². The minimum atomic E-state index is 0.0736. The first-order valence-corrected chi connectivity index (χ1v) is 9.26. The van der Waals surface area contributed by atoms with Gasteiger partial charge in [-0.3, -0.25) is 9.69 Å². The molecular formula is C17H20ClN3OS. The molecule has 23 heavy (non-hydrogen) atoms. The molecule has 0 spiro atoms. The van der Waals surface area contributed by atoms with Gasteiger partial charge in [0.15, 0.2) is 0 Å². The number of thioether (sulfide) groups is 1. The molecule has 4 nitrogen and oxygen atoms in total. The van der Waals surface area contributed by atoms with E-state index in [-0.39, 0.29) is 5.91 Å². The molecule has 0 saturated heterocycles. The second-order valence-electron chi connectivity index (χ2n) is 6.01. The average molecular weight is 350 g/mol. The Morgan fingerprint density at radius 1 is 1.43 bits per heavy atom. The number of nitrogens with zero attached hydrogens (tertiary/aromatic N) is 2. The molecule has 1 aromatic heterocycles. The zero-order valence-electron chi connectivity index (χ0n) is 13.3. The summed E-state index contributed by atoms with van der Waals surface area (Å²) in [4.78, 5) is 19.5. The van der Waals surface area contributed by atoms with Crippen molar-refractivity contribution in [1.29, 1.82) is 0 Å². The Morgan fingerprint density at radius 3 is 2.91 bits per heavy atom. The number of benzene rings is 1. The van der Waals surface area contributed by atoms with Crippen LogP contribution in [-0.4, -0.2) is 41.7 Å². The minimum absolute atomic E-state index is 0.0736. The molecule has 1 N–H and O–H groups in total. The van der Waals surface area contributed by atoms with Gasteiger partial charge in [-0.1, -0.05) is 17.7 Å². The highest BCUT2D eigenvalue weighted by atomic mass is 35.5. The molecule has 0 bridgehead atoms. The number of hydrogen-bond donors (Lipinski definition) is 1. The summed E-state index contributed by atoms with van der Waals surface area (Å²) in [5.41, 5.74) is 1.84. The van der Waals surface area contributed by atoms with Gasteiger partial charge >= 0.3 is 0 Å². The van der Waals surface area contributed by atoms with Crippen LogP contribution < -0.4 is 5.32 Å².